The van der Waals surface area contributed by atoms with Crippen LogP contribution in [-0.2, 0) is 13.6 Å². The van der Waals surface area contributed by atoms with Gasteiger partial charge >= 0.3 is 0 Å². The van der Waals surface area contributed by atoms with Gasteiger partial charge in [-0.05, 0) is 6.42 Å². The van der Waals surface area contributed by atoms with Crippen molar-refractivity contribution < 1.29 is 4.79 Å². The lowest BCUT2D eigenvalue weighted by molar-refractivity contribution is 0.0953. The molecule has 0 aliphatic rings. The SMILES string of the molecule is Cn1ncc(C(=O)NCCCn2ccnc2)c1N. The first kappa shape index (κ1) is 12.2. The summed E-state index contributed by atoms with van der Waals surface area (Å²) in [4.78, 5) is 15.7. The lowest BCUT2D eigenvalue weighted by Gasteiger charge is -2.05. The number of amides is 1. The molecule has 0 spiro atoms. The van der Waals surface area contributed by atoms with Gasteiger partial charge in [0, 0.05) is 32.5 Å². The zero-order valence-corrected chi connectivity index (χ0v) is 10.2. The van der Waals surface area contributed by atoms with Crippen LogP contribution in [0.15, 0.2) is 24.9 Å². The lowest BCUT2D eigenvalue weighted by atomic mass is 10.3. The van der Waals surface area contributed by atoms with E-state index in [1.807, 2.05) is 10.8 Å². The molecule has 1 amide bonds. The Morgan fingerprint density at radius 1 is 1.56 bits per heavy atom. The minimum atomic E-state index is -0.189. The zero-order chi connectivity index (χ0) is 13.0. The second-order valence-corrected chi connectivity index (χ2v) is 3.98. The number of carbonyl (C=O) groups excluding carboxylic acids is 1. The number of nitrogen functional groups attached to an aromatic ring is 1. The first-order valence-corrected chi connectivity index (χ1v) is 5.70. The van der Waals surface area contributed by atoms with Crippen LogP contribution in [0.4, 0.5) is 5.82 Å². The minimum absolute atomic E-state index is 0.189. The Morgan fingerprint density at radius 3 is 3.00 bits per heavy atom. The molecule has 0 saturated heterocycles. The molecule has 3 N–H and O–H groups in total. The highest BCUT2D eigenvalue weighted by atomic mass is 16.1. The van der Waals surface area contributed by atoms with Crippen LogP contribution in [0.2, 0.25) is 0 Å². The third-order valence-electron chi connectivity index (χ3n) is 2.67. The van der Waals surface area contributed by atoms with Gasteiger partial charge in [0.1, 0.15) is 11.4 Å². The summed E-state index contributed by atoms with van der Waals surface area (Å²) in [5.41, 5.74) is 6.13. The number of nitrogens with zero attached hydrogens (tertiary/aromatic N) is 4. The number of rotatable bonds is 5. The average Bonchev–Trinajstić information content (AvgIpc) is 2.97. The average molecular weight is 248 g/mol. The minimum Gasteiger partial charge on any atom is -0.383 e. The summed E-state index contributed by atoms with van der Waals surface area (Å²) in [7, 11) is 1.70. The summed E-state index contributed by atoms with van der Waals surface area (Å²) >= 11 is 0. The van der Waals surface area contributed by atoms with Gasteiger partial charge in [-0.3, -0.25) is 9.48 Å². The van der Waals surface area contributed by atoms with E-state index >= 15 is 0 Å². The predicted octanol–water partition coefficient (Wildman–Crippen LogP) is 0.0189. The fourth-order valence-corrected chi connectivity index (χ4v) is 1.60. The second kappa shape index (κ2) is 5.35. The van der Waals surface area contributed by atoms with Crippen molar-refractivity contribution in [2.24, 2.45) is 7.05 Å². The van der Waals surface area contributed by atoms with E-state index in [0.717, 1.165) is 13.0 Å². The number of aromatic nitrogens is 4. The number of aryl methyl sites for hydroxylation is 2. The molecule has 96 valence electrons. The van der Waals surface area contributed by atoms with E-state index in [1.54, 1.807) is 19.6 Å². The quantitative estimate of drug-likeness (QED) is 0.730. The Morgan fingerprint density at radius 2 is 2.39 bits per heavy atom. The number of hydrogen-bond acceptors (Lipinski definition) is 4. The molecule has 0 radical (unpaired) electrons. The Kier molecular flexibility index (Phi) is 3.61. The third-order valence-corrected chi connectivity index (χ3v) is 2.67. The molecule has 7 heteroatoms. The monoisotopic (exact) mass is 248 g/mol. The van der Waals surface area contributed by atoms with Crippen LogP contribution in [0.3, 0.4) is 0 Å². The highest BCUT2D eigenvalue weighted by molar-refractivity contribution is 5.98. The number of nitrogens with one attached hydrogen (secondary N) is 1. The molecule has 2 aromatic heterocycles. The van der Waals surface area contributed by atoms with Crippen molar-refractivity contribution in [3.8, 4) is 0 Å². The summed E-state index contributed by atoms with van der Waals surface area (Å²) in [6.07, 6.45) is 7.68. The summed E-state index contributed by atoms with van der Waals surface area (Å²) in [5, 5.41) is 6.73. The van der Waals surface area contributed by atoms with Gasteiger partial charge in [-0.2, -0.15) is 5.10 Å². The molecule has 0 fully saturated rings. The second-order valence-electron chi connectivity index (χ2n) is 3.98. The van der Waals surface area contributed by atoms with Crippen LogP contribution < -0.4 is 11.1 Å². The summed E-state index contributed by atoms with van der Waals surface area (Å²) in [6, 6.07) is 0. The van der Waals surface area contributed by atoms with Crippen molar-refractivity contribution in [2.75, 3.05) is 12.3 Å². The largest absolute Gasteiger partial charge is 0.383 e. The molecule has 0 aliphatic heterocycles. The maximum Gasteiger partial charge on any atom is 0.256 e. The van der Waals surface area contributed by atoms with Crippen molar-refractivity contribution in [3.63, 3.8) is 0 Å². The van der Waals surface area contributed by atoms with E-state index in [9.17, 15) is 4.79 Å². The molecule has 0 bridgehead atoms. The van der Waals surface area contributed by atoms with Gasteiger partial charge in [0.05, 0.1) is 12.5 Å². The zero-order valence-electron chi connectivity index (χ0n) is 10.2. The molecule has 18 heavy (non-hydrogen) atoms. The third kappa shape index (κ3) is 2.68. The number of carbonyl (C=O) groups is 1. The molecule has 0 aromatic carbocycles. The van der Waals surface area contributed by atoms with E-state index in [1.165, 1.54) is 10.9 Å². The van der Waals surface area contributed by atoms with Crippen molar-refractivity contribution in [1.82, 2.24) is 24.6 Å². The Balaban J connectivity index is 1.77. The predicted molar refractivity (Wildman–Crippen MR) is 66.8 cm³/mol. The number of imidazole rings is 1. The molecule has 0 atom stereocenters. The smallest absolute Gasteiger partial charge is 0.256 e. The van der Waals surface area contributed by atoms with Crippen LogP contribution >= 0.6 is 0 Å². The van der Waals surface area contributed by atoms with Crippen molar-refractivity contribution in [2.45, 2.75) is 13.0 Å². The molecular weight excluding hydrogens is 232 g/mol. The van der Waals surface area contributed by atoms with E-state index in [0.29, 0.717) is 17.9 Å². The van der Waals surface area contributed by atoms with E-state index in [-0.39, 0.29) is 5.91 Å². The fourth-order valence-electron chi connectivity index (χ4n) is 1.60. The molecule has 0 aliphatic carbocycles. The number of hydrogen-bond donors (Lipinski definition) is 2. The summed E-state index contributed by atoms with van der Waals surface area (Å²) in [5.74, 6) is 0.188. The highest BCUT2D eigenvalue weighted by Crippen LogP contribution is 2.08. The summed E-state index contributed by atoms with van der Waals surface area (Å²) in [6.45, 7) is 1.41. The van der Waals surface area contributed by atoms with Gasteiger partial charge in [-0.25, -0.2) is 4.98 Å². The highest BCUT2D eigenvalue weighted by Gasteiger charge is 2.12. The van der Waals surface area contributed by atoms with Gasteiger partial charge in [-0.15, -0.1) is 0 Å². The maximum atomic E-state index is 11.8. The van der Waals surface area contributed by atoms with Gasteiger partial charge < -0.3 is 15.6 Å². The van der Waals surface area contributed by atoms with Gasteiger partial charge in [0.15, 0.2) is 0 Å². The standard InChI is InChI=1S/C11H16N6O/c1-16-10(12)9(7-15-16)11(18)14-3-2-5-17-6-4-13-8-17/h4,6-8H,2-3,5,12H2,1H3,(H,14,18). The first-order chi connectivity index (χ1) is 8.68. The van der Waals surface area contributed by atoms with Crippen molar-refractivity contribution in [3.05, 3.63) is 30.5 Å². The van der Waals surface area contributed by atoms with Crippen molar-refractivity contribution in [1.29, 1.82) is 0 Å². The molecule has 7 nitrogen and oxygen atoms in total. The van der Waals surface area contributed by atoms with Crippen molar-refractivity contribution >= 4 is 11.7 Å². The first-order valence-electron chi connectivity index (χ1n) is 5.70. The normalized spacial score (nSPS) is 10.5. The maximum absolute atomic E-state index is 11.8. The molecule has 2 rings (SSSR count). The topological polar surface area (TPSA) is 90.8 Å². The van der Waals surface area contributed by atoms with Crippen LogP contribution in [0.25, 0.3) is 0 Å². The van der Waals surface area contributed by atoms with Crippen LogP contribution in [0.1, 0.15) is 16.8 Å². The van der Waals surface area contributed by atoms with Gasteiger partial charge in [0.2, 0.25) is 0 Å². The van der Waals surface area contributed by atoms with E-state index < -0.39 is 0 Å². The van der Waals surface area contributed by atoms with Gasteiger partial charge in [0.25, 0.3) is 5.91 Å². The Bertz CT molecular complexity index is 516. The molecule has 0 unspecified atom stereocenters. The van der Waals surface area contributed by atoms with E-state index in [4.69, 9.17) is 5.73 Å². The summed E-state index contributed by atoms with van der Waals surface area (Å²) < 4.78 is 3.44. The van der Waals surface area contributed by atoms with Crippen LogP contribution in [-0.4, -0.2) is 31.8 Å². The van der Waals surface area contributed by atoms with E-state index in [2.05, 4.69) is 15.4 Å². The van der Waals surface area contributed by atoms with Gasteiger partial charge in [-0.1, -0.05) is 0 Å². The number of nitrogens with two attached hydrogens (primary N) is 1. The number of anilines is 1. The molecule has 2 heterocycles. The molecule has 0 saturated carbocycles. The van der Waals surface area contributed by atoms with Crippen LogP contribution in [0.5, 0.6) is 0 Å². The Hall–Kier alpha value is -2.31. The fraction of sp³-hybridized carbons (Fsp3) is 0.364. The molecular formula is C11H16N6O. The Labute approximate surface area is 105 Å². The van der Waals surface area contributed by atoms with Crippen LogP contribution in [0, 0.1) is 0 Å². The molecule has 2 aromatic rings. The lowest BCUT2D eigenvalue weighted by Crippen LogP contribution is -2.25.